The quantitative estimate of drug-likeness (QED) is 0.559. The van der Waals surface area contributed by atoms with Gasteiger partial charge in [-0.2, -0.15) is 18.3 Å². The molecule has 1 heterocycles. The van der Waals surface area contributed by atoms with Gasteiger partial charge in [-0.05, 0) is 49.5 Å². The minimum Gasteiger partial charge on any atom is -0.325 e. The molecule has 2 N–H and O–H groups in total. The first-order valence-corrected chi connectivity index (χ1v) is 11.0. The van der Waals surface area contributed by atoms with E-state index in [9.17, 15) is 22.8 Å². The summed E-state index contributed by atoms with van der Waals surface area (Å²) in [6.07, 6.45) is -1.13. The standard InChI is InChI=1S/C21H22ClF3N4O2S/c1-11-6-13(10-20(2,3)9-11)28-29-19-27-18(31)16(32-19)8-17(30)26-15-7-12(21(23,24)25)4-5-14(15)22/h4-7,16H,8-10H2,1-3H3,(H,26,30)(H,27,29,31)/b28-13-/t16-/m0/s1. The zero-order valence-electron chi connectivity index (χ0n) is 17.6. The number of rotatable bonds is 4. The molecule has 0 spiro atoms. The Balaban J connectivity index is 1.64. The predicted octanol–water partition coefficient (Wildman–Crippen LogP) is 5.40. The van der Waals surface area contributed by atoms with Crippen LogP contribution >= 0.6 is 23.4 Å². The Morgan fingerprint density at radius 3 is 2.69 bits per heavy atom. The van der Waals surface area contributed by atoms with Gasteiger partial charge in [-0.25, -0.2) is 0 Å². The van der Waals surface area contributed by atoms with Gasteiger partial charge in [0, 0.05) is 6.42 Å². The van der Waals surface area contributed by atoms with E-state index in [1.165, 1.54) is 5.57 Å². The number of hydrogen-bond donors (Lipinski definition) is 2. The zero-order valence-corrected chi connectivity index (χ0v) is 19.2. The van der Waals surface area contributed by atoms with Crippen molar-refractivity contribution >= 4 is 51.7 Å². The summed E-state index contributed by atoms with van der Waals surface area (Å²) in [4.78, 5) is 24.5. The van der Waals surface area contributed by atoms with Gasteiger partial charge in [-0.15, -0.1) is 5.10 Å². The third kappa shape index (κ3) is 6.35. The topological polar surface area (TPSA) is 82.9 Å². The molecule has 1 saturated heterocycles. The maximum atomic E-state index is 12.9. The lowest BCUT2D eigenvalue weighted by molar-refractivity contribution is -0.137. The average molecular weight is 487 g/mol. The highest BCUT2D eigenvalue weighted by Gasteiger charge is 2.34. The first-order chi connectivity index (χ1) is 14.8. The molecule has 172 valence electrons. The van der Waals surface area contributed by atoms with Gasteiger partial charge in [0.1, 0.15) is 5.25 Å². The van der Waals surface area contributed by atoms with Crippen LogP contribution in [-0.4, -0.2) is 27.9 Å². The number of amides is 2. The molecule has 1 aliphatic carbocycles. The summed E-state index contributed by atoms with van der Waals surface area (Å²) >= 11 is 6.95. The number of carbonyl (C=O) groups is 2. The van der Waals surface area contributed by atoms with E-state index in [0.29, 0.717) is 0 Å². The van der Waals surface area contributed by atoms with Crippen LogP contribution in [0.4, 0.5) is 18.9 Å². The SMILES string of the molecule is CC1=C/C(=N/N=C2\NC(=O)[C@H](CC(=O)Nc3cc(C(F)(F)F)ccc3Cl)S2)CC(C)(C)C1. The number of halogens is 4. The number of amidine groups is 1. The highest BCUT2D eigenvalue weighted by Crippen LogP contribution is 2.35. The summed E-state index contributed by atoms with van der Waals surface area (Å²) in [6, 6.07) is 2.64. The lowest BCUT2D eigenvalue weighted by atomic mass is 9.77. The lowest BCUT2D eigenvalue weighted by Gasteiger charge is -2.28. The van der Waals surface area contributed by atoms with Crippen molar-refractivity contribution in [2.45, 2.75) is 51.5 Å². The second-order valence-electron chi connectivity index (χ2n) is 8.55. The van der Waals surface area contributed by atoms with E-state index in [1.54, 1.807) is 0 Å². The molecule has 0 bridgehead atoms. The molecule has 0 saturated carbocycles. The van der Waals surface area contributed by atoms with E-state index in [-0.39, 0.29) is 27.7 Å². The van der Waals surface area contributed by atoms with Crippen molar-refractivity contribution in [3.05, 3.63) is 40.4 Å². The van der Waals surface area contributed by atoms with Crippen LogP contribution in [0.15, 0.2) is 40.1 Å². The van der Waals surface area contributed by atoms with E-state index in [0.717, 1.165) is 48.5 Å². The van der Waals surface area contributed by atoms with Crippen LogP contribution in [0.1, 0.15) is 45.6 Å². The third-order valence-electron chi connectivity index (χ3n) is 4.81. The Morgan fingerprint density at radius 1 is 1.31 bits per heavy atom. The maximum absolute atomic E-state index is 12.9. The highest BCUT2D eigenvalue weighted by molar-refractivity contribution is 8.15. The summed E-state index contributed by atoms with van der Waals surface area (Å²) in [5, 5.41) is 12.7. The number of thioether (sulfide) groups is 1. The predicted molar refractivity (Wildman–Crippen MR) is 121 cm³/mol. The molecule has 1 atom stereocenters. The summed E-state index contributed by atoms with van der Waals surface area (Å²) in [5.41, 5.74) is 0.980. The lowest BCUT2D eigenvalue weighted by Crippen LogP contribution is -2.28. The number of nitrogens with zero attached hydrogens (tertiary/aromatic N) is 2. The number of nitrogens with one attached hydrogen (secondary N) is 2. The molecule has 3 rings (SSSR count). The highest BCUT2D eigenvalue weighted by atomic mass is 35.5. The van der Waals surface area contributed by atoms with Gasteiger partial charge in [0.25, 0.3) is 0 Å². The summed E-state index contributed by atoms with van der Waals surface area (Å²) in [6.45, 7) is 6.31. The van der Waals surface area contributed by atoms with Crippen LogP contribution in [0.25, 0.3) is 0 Å². The Bertz CT molecular complexity index is 1030. The van der Waals surface area contributed by atoms with Crippen molar-refractivity contribution in [3.63, 3.8) is 0 Å². The molecule has 11 heteroatoms. The molecule has 32 heavy (non-hydrogen) atoms. The van der Waals surface area contributed by atoms with Crippen molar-refractivity contribution in [1.82, 2.24) is 5.32 Å². The van der Waals surface area contributed by atoms with E-state index >= 15 is 0 Å². The second kappa shape index (κ2) is 9.27. The smallest absolute Gasteiger partial charge is 0.325 e. The minimum atomic E-state index is -4.57. The van der Waals surface area contributed by atoms with Crippen LogP contribution in [0.3, 0.4) is 0 Å². The Labute approximate surface area is 192 Å². The van der Waals surface area contributed by atoms with Gasteiger partial charge in [-0.1, -0.05) is 42.8 Å². The van der Waals surface area contributed by atoms with E-state index in [2.05, 4.69) is 34.7 Å². The fourth-order valence-corrected chi connectivity index (χ4v) is 4.70. The van der Waals surface area contributed by atoms with Crippen LogP contribution in [0.5, 0.6) is 0 Å². The number of hydrogen-bond acceptors (Lipinski definition) is 5. The molecule has 2 amide bonds. The molecular weight excluding hydrogens is 465 g/mol. The first-order valence-electron chi connectivity index (χ1n) is 9.78. The van der Waals surface area contributed by atoms with Gasteiger partial charge in [0.15, 0.2) is 5.17 Å². The number of anilines is 1. The van der Waals surface area contributed by atoms with Gasteiger partial charge >= 0.3 is 6.18 Å². The van der Waals surface area contributed by atoms with Crippen LogP contribution < -0.4 is 10.6 Å². The third-order valence-corrected chi connectivity index (χ3v) is 6.22. The number of allylic oxidation sites excluding steroid dienone is 2. The Morgan fingerprint density at radius 2 is 2.03 bits per heavy atom. The molecule has 0 unspecified atom stereocenters. The second-order valence-corrected chi connectivity index (χ2v) is 10.1. The van der Waals surface area contributed by atoms with E-state index < -0.39 is 28.8 Å². The van der Waals surface area contributed by atoms with E-state index in [1.807, 2.05) is 13.0 Å². The molecular formula is C21H22ClF3N4O2S. The molecule has 1 aliphatic heterocycles. The average Bonchev–Trinajstić information content (AvgIpc) is 2.98. The van der Waals surface area contributed by atoms with Crippen molar-refractivity contribution in [1.29, 1.82) is 0 Å². The molecule has 0 aromatic heterocycles. The summed E-state index contributed by atoms with van der Waals surface area (Å²) in [5.74, 6) is -1.06. The first kappa shape index (κ1) is 24.3. The Kier molecular flexibility index (Phi) is 7.04. The minimum absolute atomic E-state index is 0.0355. The van der Waals surface area contributed by atoms with Gasteiger partial charge in [0.05, 0.1) is 22.0 Å². The summed E-state index contributed by atoms with van der Waals surface area (Å²) < 4.78 is 38.7. The van der Waals surface area contributed by atoms with Crippen molar-refractivity contribution < 1.29 is 22.8 Å². The number of benzene rings is 1. The van der Waals surface area contributed by atoms with Crippen molar-refractivity contribution in [3.8, 4) is 0 Å². The zero-order chi connectivity index (χ0) is 23.7. The Hall–Kier alpha value is -2.33. The van der Waals surface area contributed by atoms with Crippen LogP contribution in [0.2, 0.25) is 5.02 Å². The maximum Gasteiger partial charge on any atom is 0.416 e. The van der Waals surface area contributed by atoms with Gasteiger partial charge in [0.2, 0.25) is 11.8 Å². The largest absolute Gasteiger partial charge is 0.416 e. The normalized spacial score (nSPS) is 23.3. The molecule has 2 aliphatic rings. The van der Waals surface area contributed by atoms with Gasteiger partial charge < -0.3 is 10.6 Å². The van der Waals surface area contributed by atoms with Gasteiger partial charge in [-0.3, -0.25) is 9.59 Å². The van der Waals surface area contributed by atoms with Crippen molar-refractivity contribution in [2.75, 3.05) is 5.32 Å². The number of carbonyl (C=O) groups excluding carboxylic acids is 2. The molecule has 1 aromatic carbocycles. The fraction of sp³-hybridized carbons (Fsp3) is 0.429. The molecule has 1 fully saturated rings. The van der Waals surface area contributed by atoms with Crippen LogP contribution in [-0.2, 0) is 15.8 Å². The number of alkyl halides is 3. The van der Waals surface area contributed by atoms with Crippen LogP contribution in [0, 0.1) is 5.41 Å². The molecule has 6 nitrogen and oxygen atoms in total. The van der Waals surface area contributed by atoms with Crippen molar-refractivity contribution in [2.24, 2.45) is 15.6 Å². The molecule has 1 aromatic rings. The monoisotopic (exact) mass is 486 g/mol. The molecule has 0 radical (unpaired) electrons. The fourth-order valence-electron chi connectivity index (χ4n) is 3.62. The summed E-state index contributed by atoms with van der Waals surface area (Å²) in [7, 11) is 0. The van der Waals surface area contributed by atoms with E-state index in [4.69, 9.17) is 11.6 Å².